The number of carbonyl (C=O) groups excluding carboxylic acids is 1. The van der Waals surface area contributed by atoms with Crippen LogP contribution in [0.4, 0.5) is 0 Å². The van der Waals surface area contributed by atoms with Gasteiger partial charge in [0.1, 0.15) is 5.75 Å². The molecular formula is C18H25NO4. The highest BCUT2D eigenvalue weighted by Gasteiger charge is 2.22. The summed E-state index contributed by atoms with van der Waals surface area (Å²) in [6.07, 6.45) is 5.75. The maximum absolute atomic E-state index is 12.3. The van der Waals surface area contributed by atoms with E-state index in [1.807, 2.05) is 12.1 Å². The molecule has 0 aromatic heterocycles. The zero-order chi connectivity index (χ0) is 16.7. The number of rotatable bonds is 7. The van der Waals surface area contributed by atoms with E-state index in [1.54, 1.807) is 19.2 Å². The Hall–Kier alpha value is -2.04. The normalized spacial score (nSPS) is 16.6. The zero-order valence-electron chi connectivity index (χ0n) is 13.6. The standard InChI is InChI=1S/C18H25NO4/c1-23-16-9-7-13(8-10-16)14(12-18(21)22)11-17(20)19-15-5-3-2-4-6-15/h7-10,14-15H,2-6,11-12H2,1H3,(H,19,20)(H,21,22)/t14-/m1/s1. The maximum Gasteiger partial charge on any atom is 0.303 e. The number of ether oxygens (including phenoxy) is 1. The maximum atomic E-state index is 12.3. The quantitative estimate of drug-likeness (QED) is 0.810. The first-order valence-corrected chi connectivity index (χ1v) is 8.23. The monoisotopic (exact) mass is 319 g/mol. The fourth-order valence-corrected chi connectivity index (χ4v) is 3.15. The highest BCUT2D eigenvalue weighted by molar-refractivity contribution is 5.78. The number of methoxy groups -OCH3 is 1. The molecule has 1 saturated carbocycles. The molecule has 1 amide bonds. The first-order chi connectivity index (χ1) is 11.1. The predicted octanol–water partition coefficient (Wildman–Crippen LogP) is 3.09. The third-order valence-electron chi connectivity index (χ3n) is 4.41. The molecule has 1 aromatic rings. The smallest absolute Gasteiger partial charge is 0.303 e. The molecule has 0 unspecified atom stereocenters. The van der Waals surface area contributed by atoms with E-state index in [9.17, 15) is 9.59 Å². The molecule has 5 heteroatoms. The largest absolute Gasteiger partial charge is 0.497 e. The molecule has 0 radical (unpaired) electrons. The van der Waals surface area contributed by atoms with Gasteiger partial charge in [0.2, 0.25) is 5.91 Å². The van der Waals surface area contributed by atoms with Crippen molar-refractivity contribution in [3.8, 4) is 5.75 Å². The first-order valence-electron chi connectivity index (χ1n) is 8.23. The van der Waals surface area contributed by atoms with Crippen LogP contribution in [0.15, 0.2) is 24.3 Å². The molecule has 0 aliphatic heterocycles. The second-order valence-electron chi connectivity index (χ2n) is 6.17. The molecule has 0 spiro atoms. The Balaban J connectivity index is 1.99. The molecule has 0 bridgehead atoms. The third kappa shape index (κ3) is 5.58. The van der Waals surface area contributed by atoms with Gasteiger partial charge in [-0.3, -0.25) is 9.59 Å². The van der Waals surface area contributed by atoms with Crippen molar-refractivity contribution in [3.05, 3.63) is 29.8 Å². The van der Waals surface area contributed by atoms with Crippen LogP contribution in [0.3, 0.4) is 0 Å². The lowest BCUT2D eigenvalue weighted by Gasteiger charge is -2.24. The Kier molecular flexibility index (Phi) is 6.44. The fraction of sp³-hybridized carbons (Fsp3) is 0.556. The molecule has 0 heterocycles. The molecule has 1 fully saturated rings. The van der Waals surface area contributed by atoms with E-state index >= 15 is 0 Å². The van der Waals surface area contributed by atoms with Crippen LogP contribution in [0.5, 0.6) is 5.75 Å². The van der Waals surface area contributed by atoms with Gasteiger partial charge in [0, 0.05) is 18.4 Å². The van der Waals surface area contributed by atoms with E-state index in [1.165, 1.54) is 6.42 Å². The number of hydrogen-bond acceptors (Lipinski definition) is 3. The van der Waals surface area contributed by atoms with E-state index < -0.39 is 5.97 Å². The third-order valence-corrected chi connectivity index (χ3v) is 4.41. The summed E-state index contributed by atoms with van der Waals surface area (Å²) >= 11 is 0. The van der Waals surface area contributed by atoms with Crippen LogP contribution < -0.4 is 10.1 Å². The Morgan fingerprint density at radius 1 is 1.17 bits per heavy atom. The van der Waals surface area contributed by atoms with Crippen LogP contribution in [-0.2, 0) is 9.59 Å². The van der Waals surface area contributed by atoms with Crippen molar-refractivity contribution in [2.45, 2.75) is 56.9 Å². The van der Waals surface area contributed by atoms with E-state index in [0.29, 0.717) is 0 Å². The molecule has 1 aliphatic carbocycles. The molecule has 23 heavy (non-hydrogen) atoms. The van der Waals surface area contributed by atoms with Gasteiger partial charge in [-0.15, -0.1) is 0 Å². The summed E-state index contributed by atoms with van der Waals surface area (Å²) in [4.78, 5) is 23.4. The van der Waals surface area contributed by atoms with Gasteiger partial charge >= 0.3 is 5.97 Å². The lowest BCUT2D eigenvalue weighted by atomic mass is 9.91. The SMILES string of the molecule is COc1ccc([C@@H](CC(=O)O)CC(=O)NC2CCCCC2)cc1. The summed E-state index contributed by atoms with van der Waals surface area (Å²) in [5, 5.41) is 12.2. The number of nitrogens with one attached hydrogen (secondary N) is 1. The Morgan fingerprint density at radius 2 is 1.83 bits per heavy atom. The van der Waals surface area contributed by atoms with Gasteiger partial charge in [0.15, 0.2) is 0 Å². The lowest BCUT2D eigenvalue weighted by molar-refractivity contribution is -0.137. The summed E-state index contributed by atoms with van der Waals surface area (Å²) < 4.78 is 5.12. The van der Waals surface area contributed by atoms with Crippen LogP contribution in [0.25, 0.3) is 0 Å². The molecule has 1 aliphatic rings. The van der Waals surface area contributed by atoms with Crippen molar-refractivity contribution in [1.82, 2.24) is 5.32 Å². The van der Waals surface area contributed by atoms with Gasteiger partial charge < -0.3 is 15.2 Å². The van der Waals surface area contributed by atoms with Crippen molar-refractivity contribution < 1.29 is 19.4 Å². The highest BCUT2D eigenvalue weighted by atomic mass is 16.5. The molecule has 1 atom stereocenters. The van der Waals surface area contributed by atoms with E-state index in [0.717, 1.165) is 37.0 Å². The van der Waals surface area contributed by atoms with Gasteiger partial charge in [-0.2, -0.15) is 0 Å². The molecule has 1 aromatic carbocycles. The summed E-state index contributed by atoms with van der Waals surface area (Å²) in [7, 11) is 1.58. The molecule has 0 saturated heterocycles. The van der Waals surface area contributed by atoms with Gasteiger partial charge in [-0.05, 0) is 30.5 Å². The minimum Gasteiger partial charge on any atom is -0.497 e. The lowest BCUT2D eigenvalue weighted by Crippen LogP contribution is -2.37. The molecule has 2 N–H and O–H groups in total. The minimum absolute atomic E-state index is 0.0512. The van der Waals surface area contributed by atoms with Crippen LogP contribution in [0.1, 0.15) is 56.4 Å². The fourth-order valence-electron chi connectivity index (χ4n) is 3.15. The van der Waals surface area contributed by atoms with Crippen LogP contribution >= 0.6 is 0 Å². The number of carbonyl (C=O) groups is 2. The first kappa shape index (κ1) is 17.3. The van der Waals surface area contributed by atoms with E-state index in [2.05, 4.69) is 5.32 Å². The van der Waals surface area contributed by atoms with Crippen molar-refractivity contribution in [2.24, 2.45) is 0 Å². The second kappa shape index (κ2) is 8.56. The topological polar surface area (TPSA) is 75.6 Å². The number of carboxylic acids is 1. The summed E-state index contributed by atoms with van der Waals surface area (Å²) in [6, 6.07) is 7.50. The van der Waals surface area contributed by atoms with Crippen molar-refractivity contribution >= 4 is 11.9 Å². The van der Waals surface area contributed by atoms with Crippen molar-refractivity contribution in [1.29, 1.82) is 0 Å². The summed E-state index contributed by atoms with van der Waals surface area (Å²) in [6.45, 7) is 0. The Morgan fingerprint density at radius 3 is 2.39 bits per heavy atom. The van der Waals surface area contributed by atoms with Gasteiger partial charge in [0.05, 0.1) is 13.5 Å². The summed E-state index contributed by atoms with van der Waals surface area (Å²) in [5.74, 6) is -0.549. The molecular weight excluding hydrogens is 294 g/mol. The number of aliphatic carboxylic acids is 1. The van der Waals surface area contributed by atoms with Crippen molar-refractivity contribution in [3.63, 3.8) is 0 Å². The summed E-state index contributed by atoms with van der Waals surface area (Å²) in [5.41, 5.74) is 0.854. The second-order valence-corrected chi connectivity index (χ2v) is 6.17. The van der Waals surface area contributed by atoms with Crippen LogP contribution in [-0.4, -0.2) is 30.1 Å². The van der Waals surface area contributed by atoms with E-state index in [4.69, 9.17) is 9.84 Å². The van der Waals surface area contributed by atoms with E-state index in [-0.39, 0.29) is 30.7 Å². The average molecular weight is 319 g/mol. The minimum atomic E-state index is -0.892. The molecule has 2 rings (SSSR count). The highest BCUT2D eigenvalue weighted by Crippen LogP contribution is 2.26. The predicted molar refractivity (Wildman–Crippen MR) is 87.6 cm³/mol. The van der Waals surface area contributed by atoms with Gasteiger partial charge in [-0.25, -0.2) is 0 Å². The van der Waals surface area contributed by atoms with Gasteiger partial charge in [-0.1, -0.05) is 31.4 Å². The number of benzene rings is 1. The van der Waals surface area contributed by atoms with Crippen LogP contribution in [0.2, 0.25) is 0 Å². The molecule has 126 valence electrons. The van der Waals surface area contributed by atoms with Crippen molar-refractivity contribution in [2.75, 3.05) is 7.11 Å². The van der Waals surface area contributed by atoms with Crippen LogP contribution in [0, 0.1) is 0 Å². The number of amides is 1. The Labute approximate surface area is 137 Å². The molecule has 5 nitrogen and oxygen atoms in total. The number of hydrogen-bond donors (Lipinski definition) is 2. The average Bonchev–Trinajstić information content (AvgIpc) is 2.55. The van der Waals surface area contributed by atoms with Gasteiger partial charge in [0.25, 0.3) is 0 Å². The zero-order valence-corrected chi connectivity index (χ0v) is 13.6. The number of carboxylic acid groups (broad SMARTS) is 1. The Bertz CT molecular complexity index is 520.